The lowest BCUT2D eigenvalue weighted by atomic mass is 10.2. The zero-order valence-electron chi connectivity index (χ0n) is 13.8. The minimum absolute atomic E-state index is 0.0199. The standard InChI is InChI=1S/C18H22FN3O2/c1-2-10-21(12-18(23)24)11-16-15-4-3-5-17(15)22(20-16)14-8-6-13(19)7-9-14/h6-9H,2-5,10-12H2,1H3,(H,23,24). The van der Waals surface area contributed by atoms with Crippen molar-refractivity contribution in [3.8, 4) is 5.69 Å². The Labute approximate surface area is 140 Å². The van der Waals surface area contributed by atoms with Gasteiger partial charge in [0.2, 0.25) is 0 Å². The fourth-order valence-corrected chi connectivity index (χ4v) is 3.37. The predicted octanol–water partition coefficient (Wildman–Crippen LogP) is 2.80. The van der Waals surface area contributed by atoms with E-state index in [1.165, 1.54) is 23.4 Å². The van der Waals surface area contributed by atoms with Gasteiger partial charge in [0.1, 0.15) is 5.82 Å². The van der Waals surface area contributed by atoms with Gasteiger partial charge in [0.25, 0.3) is 0 Å². The lowest BCUT2D eigenvalue weighted by molar-refractivity contribution is -0.138. The lowest BCUT2D eigenvalue weighted by Gasteiger charge is -2.18. The van der Waals surface area contributed by atoms with E-state index >= 15 is 0 Å². The Hall–Kier alpha value is -2.21. The fourth-order valence-electron chi connectivity index (χ4n) is 3.37. The molecule has 0 amide bonds. The maximum atomic E-state index is 13.2. The fraction of sp³-hybridized carbons (Fsp3) is 0.444. The number of nitrogens with zero attached hydrogens (tertiary/aromatic N) is 3. The number of halogens is 1. The second kappa shape index (κ2) is 7.13. The van der Waals surface area contributed by atoms with E-state index in [1.54, 1.807) is 12.1 Å². The van der Waals surface area contributed by atoms with Gasteiger partial charge in [-0.1, -0.05) is 6.92 Å². The van der Waals surface area contributed by atoms with E-state index in [4.69, 9.17) is 10.2 Å². The Morgan fingerprint density at radius 1 is 1.33 bits per heavy atom. The highest BCUT2D eigenvalue weighted by molar-refractivity contribution is 5.69. The zero-order valence-corrected chi connectivity index (χ0v) is 13.8. The zero-order chi connectivity index (χ0) is 17.1. The van der Waals surface area contributed by atoms with Crippen LogP contribution in [-0.4, -0.2) is 38.8 Å². The van der Waals surface area contributed by atoms with Crippen LogP contribution < -0.4 is 0 Å². The van der Waals surface area contributed by atoms with Crippen LogP contribution in [0, 0.1) is 5.82 Å². The molecule has 0 bridgehead atoms. The maximum absolute atomic E-state index is 13.2. The van der Waals surface area contributed by atoms with Crippen LogP contribution >= 0.6 is 0 Å². The van der Waals surface area contributed by atoms with Crippen molar-refractivity contribution in [3.63, 3.8) is 0 Å². The molecule has 0 saturated heterocycles. The molecule has 0 aliphatic heterocycles. The first-order valence-corrected chi connectivity index (χ1v) is 8.38. The summed E-state index contributed by atoms with van der Waals surface area (Å²) in [5.74, 6) is -1.09. The number of fused-ring (bicyclic) bond motifs is 1. The quantitative estimate of drug-likeness (QED) is 0.847. The molecular formula is C18H22FN3O2. The van der Waals surface area contributed by atoms with Gasteiger partial charge in [-0.15, -0.1) is 0 Å². The van der Waals surface area contributed by atoms with Crippen molar-refractivity contribution in [2.45, 2.75) is 39.2 Å². The third-order valence-electron chi connectivity index (χ3n) is 4.36. The van der Waals surface area contributed by atoms with Crippen LogP contribution in [0.4, 0.5) is 4.39 Å². The molecule has 1 aromatic heterocycles. The van der Waals surface area contributed by atoms with Crippen molar-refractivity contribution in [1.29, 1.82) is 0 Å². The number of carbonyl (C=O) groups is 1. The van der Waals surface area contributed by atoms with Crippen LogP contribution in [0.3, 0.4) is 0 Å². The van der Waals surface area contributed by atoms with Gasteiger partial charge in [-0.25, -0.2) is 9.07 Å². The average Bonchev–Trinajstić information content (AvgIpc) is 3.12. The number of carboxylic acid groups (broad SMARTS) is 1. The monoisotopic (exact) mass is 331 g/mol. The third-order valence-corrected chi connectivity index (χ3v) is 4.36. The normalized spacial score (nSPS) is 13.5. The number of hydrogen-bond donors (Lipinski definition) is 1. The third kappa shape index (κ3) is 3.48. The van der Waals surface area contributed by atoms with Gasteiger partial charge in [-0.2, -0.15) is 5.10 Å². The summed E-state index contributed by atoms with van der Waals surface area (Å²) in [6, 6.07) is 6.33. The van der Waals surface area contributed by atoms with Crippen molar-refractivity contribution in [2.75, 3.05) is 13.1 Å². The van der Waals surface area contributed by atoms with E-state index < -0.39 is 5.97 Å². The topological polar surface area (TPSA) is 58.4 Å². The molecular weight excluding hydrogens is 309 g/mol. The van der Waals surface area contributed by atoms with Crippen LogP contribution in [-0.2, 0) is 24.2 Å². The molecule has 0 spiro atoms. The average molecular weight is 331 g/mol. The molecule has 2 aromatic rings. The van der Waals surface area contributed by atoms with Crippen molar-refractivity contribution < 1.29 is 14.3 Å². The molecule has 0 radical (unpaired) electrons. The van der Waals surface area contributed by atoms with E-state index in [0.717, 1.165) is 43.6 Å². The van der Waals surface area contributed by atoms with E-state index in [1.807, 2.05) is 16.5 Å². The molecule has 1 aliphatic carbocycles. The summed E-state index contributed by atoms with van der Waals surface area (Å²) >= 11 is 0. The minimum atomic E-state index is -0.821. The summed E-state index contributed by atoms with van der Waals surface area (Å²) in [6.45, 7) is 3.32. The summed E-state index contributed by atoms with van der Waals surface area (Å²) in [5.41, 5.74) is 4.19. The molecule has 0 saturated carbocycles. The van der Waals surface area contributed by atoms with Crippen molar-refractivity contribution in [2.24, 2.45) is 0 Å². The molecule has 1 aliphatic rings. The van der Waals surface area contributed by atoms with Gasteiger partial charge >= 0.3 is 5.97 Å². The highest BCUT2D eigenvalue weighted by Crippen LogP contribution is 2.28. The smallest absolute Gasteiger partial charge is 0.317 e. The van der Waals surface area contributed by atoms with Gasteiger partial charge in [0, 0.05) is 12.2 Å². The molecule has 6 heteroatoms. The Kier molecular flexibility index (Phi) is 4.94. The minimum Gasteiger partial charge on any atom is -0.480 e. The first kappa shape index (κ1) is 16.6. The van der Waals surface area contributed by atoms with Gasteiger partial charge in [-0.3, -0.25) is 9.69 Å². The molecule has 1 heterocycles. The predicted molar refractivity (Wildman–Crippen MR) is 88.8 cm³/mol. The van der Waals surface area contributed by atoms with Gasteiger partial charge in [0.15, 0.2) is 0 Å². The molecule has 5 nitrogen and oxygen atoms in total. The number of aliphatic carboxylic acids is 1. The summed E-state index contributed by atoms with van der Waals surface area (Å²) < 4.78 is 15.1. The Balaban J connectivity index is 1.90. The molecule has 24 heavy (non-hydrogen) atoms. The summed E-state index contributed by atoms with van der Waals surface area (Å²) in [4.78, 5) is 13.0. The first-order valence-electron chi connectivity index (χ1n) is 8.38. The van der Waals surface area contributed by atoms with E-state index in [9.17, 15) is 9.18 Å². The molecule has 3 rings (SSSR count). The SMILES string of the molecule is CCCN(CC(=O)O)Cc1nn(-c2ccc(F)cc2)c2c1CCC2. The van der Waals surface area contributed by atoms with Crippen LogP contribution in [0.2, 0.25) is 0 Å². The van der Waals surface area contributed by atoms with Crippen molar-refractivity contribution in [3.05, 3.63) is 47.0 Å². The summed E-state index contributed by atoms with van der Waals surface area (Å²) in [6.07, 6.45) is 3.90. The largest absolute Gasteiger partial charge is 0.480 e. The second-order valence-corrected chi connectivity index (χ2v) is 6.22. The summed E-state index contributed by atoms with van der Waals surface area (Å²) in [7, 11) is 0. The highest BCUT2D eigenvalue weighted by Gasteiger charge is 2.24. The van der Waals surface area contributed by atoms with E-state index in [2.05, 4.69) is 0 Å². The number of hydrogen-bond acceptors (Lipinski definition) is 3. The number of benzene rings is 1. The molecule has 0 unspecified atom stereocenters. The highest BCUT2D eigenvalue weighted by atomic mass is 19.1. The van der Waals surface area contributed by atoms with Gasteiger partial charge in [0.05, 0.1) is 17.9 Å². The molecule has 1 aromatic carbocycles. The molecule has 128 valence electrons. The lowest BCUT2D eigenvalue weighted by Crippen LogP contribution is -2.30. The van der Waals surface area contributed by atoms with Gasteiger partial charge < -0.3 is 5.11 Å². The summed E-state index contributed by atoms with van der Waals surface area (Å²) in [5, 5.41) is 13.8. The number of rotatable bonds is 7. The number of aromatic nitrogens is 2. The Morgan fingerprint density at radius 2 is 2.08 bits per heavy atom. The van der Waals surface area contributed by atoms with Crippen molar-refractivity contribution >= 4 is 5.97 Å². The Bertz CT molecular complexity index is 725. The number of carboxylic acids is 1. The van der Waals surface area contributed by atoms with Crippen molar-refractivity contribution in [1.82, 2.24) is 14.7 Å². The maximum Gasteiger partial charge on any atom is 0.317 e. The molecule has 0 fully saturated rings. The van der Waals surface area contributed by atoms with E-state index in [-0.39, 0.29) is 12.4 Å². The Morgan fingerprint density at radius 3 is 2.75 bits per heavy atom. The van der Waals surface area contributed by atoms with E-state index in [0.29, 0.717) is 6.54 Å². The second-order valence-electron chi connectivity index (χ2n) is 6.22. The first-order chi connectivity index (χ1) is 11.6. The van der Waals surface area contributed by atoms with Crippen LogP contribution in [0.1, 0.15) is 36.7 Å². The molecule has 1 N–H and O–H groups in total. The van der Waals surface area contributed by atoms with Crippen LogP contribution in [0.15, 0.2) is 24.3 Å². The van der Waals surface area contributed by atoms with Gasteiger partial charge in [-0.05, 0) is 62.1 Å². The molecule has 0 atom stereocenters. The van der Waals surface area contributed by atoms with Crippen LogP contribution in [0.25, 0.3) is 5.69 Å². The van der Waals surface area contributed by atoms with Crippen LogP contribution in [0.5, 0.6) is 0 Å².